The first-order chi connectivity index (χ1) is 19.9. The summed E-state index contributed by atoms with van der Waals surface area (Å²) in [7, 11) is 1.63. The first-order valence-corrected chi connectivity index (χ1v) is 15.9. The standard InChI is InChI=1S/C32H41IN6O2/c1-3-23(24-7-5-4-6-8-24)21-39-16-14-28(38-29(31(39)41)13-15-36-32(34)35-2)20-37-30(40)27-12-11-25-17-22(19-33)9-10-26(25)18-27/h4-12,17-18,23,28-29,38H,3,13-16,19-21H2,1-2H3,(H,37,40)(H3,34,35,36)/t23-,28+,29+/m1/s1. The van der Waals surface area contributed by atoms with E-state index >= 15 is 0 Å². The van der Waals surface area contributed by atoms with Gasteiger partial charge in [-0.05, 0) is 53.3 Å². The minimum Gasteiger partial charge on any atom is -0.370 e. The van der Waals surface area contributed by atoms with Crippen molar-refractivity contribution in [2.45, 2.75) is 48.6 Å². The quantitative estimate of drug-likeness (QED) is 0.106. The van der Waals surface area contributed by atoms with Crippen molar-refractivity contribution in [3.05, 3.63) is 83.4 Å². The predicted molar refractivity (Wildman–Crippen MR) is 176 cm³/mol. The Kier molecular flexibility index (Phi) is 11.4. The number of rotatable bonds is 11. The molecule has 3 aromatic rings. The van der Waals surface area contributed by atoms with E-state index in [1.165, 1.54) is 11.1 Å². The molecule has 1 heterocycles. The molecule has 1 saturated heterocycles. The molecule has 3 atom stereocenters. The Labute approximate surface area is 256 Å². The van der Waals surface area contributed by atoms with E-state index in [9.17, 15) is 9.59 Å². The van der Waals surface area contributed by atoms with Gasteiger partial charge in [0.1, 0.15) is 0 Å². The summed E-state index contributed by atoms with van der Waals surface area (Å²) in [4.78, 5) is 32.8. The summed E-state index contributed by atoms with van der Waals surface area (Å²) in [5.74, 6) is 0.587. The molecule has 1 fully saturated rings. The van der Waals surface area contributed by atoms with Crippen LogP contribution >= 0.6 is 22.6 Å². The van der Waals surface area contributed by atoms with Gasteiger partial charge in [0.05, 0.1) is 6.04 Å². The van der Waals surface area contributed by atoms with Crippen molar-refractivity contribution in [3.63, 3.8) is 0 Å². The van der Waals surface area contributed by atoms with E-state index in [1.807, 2.05) is 41.3 Å². The van der Waals surface area contributed by atoms with E-state index in [0.717, 1.165) is 28.0 Å². The first-order valence-electron chi connectivity index (χ1n) is 14.3. The molecular weight excluding hydrogens is 627 g/mol. The van der Waals surface area contributed by atoms with Crippen molar-refractivity contribution >= 4 is 51.1 Å². The fourth-order valence-electron chi connectivity index (χ4n) is 5.35. The van der Waals surface area contributed by atoms with E-state index in [4.69, 9.17) is 5.73 Å². The minimum atomic E-state index is -0.391. The molecule has 0 spiro atoms. The van der Waals surface area contributed by atoms with Gasteiger partial charge in [-0.3, -0.25) is 14.6 Å². The number of nitrogens with two attached hydrogens (primary N) is 1. The number of benzene rings is 3. The van der Waals surface area contributed by atoms with E-state index < -0.39 is 6.04 Å². The second kappa shape index (κ2) is 15.2. The molecule has 8 nitrogen and oxygen atoms in total. The van der Waals surface area contributed by atoms with Crippen LogP contribution in [0, 0.1) is 0 Å². The summed E-state index contributed by atoms with van der Waals surface area (Å²) >= 11 is 2.36. The zero-order chi connectivity index (χ0) is 29.2. The van der Waals surface area contributed by atoms with Crippen molar-refractivity contribution in [1.29, 1.82) is 0 Å². The van der Waals surface area contributed by atoms with Crippen molar-refractivity contribution in [2.24, 2.45) is 10.7 Å². The number of hydrogen-bond acceptors (Lipinski definition) is 4. The van der Waals surface area contributed by atoms with Gasteiger partial charge in [-0.15, -0.1) is 0 Å². The highest BCUT2D eigenvalue weighted by atomic mass is 127. The van der Waals surface area contributed by atoms with Gasteiger partial charge in [0.25, 0.3) is 5.91 Å². The molecule has 1 aliphatic heterocycles. The molecular formula is C32H41IN6O2. The maximum Gasteiger partial charge on any atom is 0.251 e. The Morgan fingerprint density at radius 2 is 1.88 bits per heavy atom. The van der Waals surface area contributed by atoms with E-state index in [1.54, 1.807) is 7.05 Å². The lowest BCUT2D eigenvalue weighted by Gasteiger charge is -2.28. The normalized spacial score (nSPS) is 18.7. The number of guanidine groups is 1. The average Bonchev–Trinajstić information content (AvgIpc) is 3.16. The number of hydrogen-bond donors (Lipinski definition) is 4. The molecule has 41 heavy (non-hydrogen) atoms. The van der Waals surface area contributed by atoms with Crippen molar-refractivity contribution in [3.8, 4) is 0 Å². The van der Waals surface area contributed by atoms with Crippen LogP contribution < -0.4 is 21.7 Å². The average molecular weight is 669 g/mol. The molecule has 0 aromatic heterocycles. The Morgan fingerprint density at radius 3 is 2.61 bits per heavy atom. The molecule has 3 aromatic carbocycles. The van der Waals surface area contributed by atoms with Crippen LogP contribution in [-0.2, 0) is 9.22 Å². The molecule has 1 aliphatic rings. The highest BCUT2D eigenvalue weighted by Crippen LogP contribution is 2.23. The third-order valence-electron chi connectivity index (χ3n) is 7.81. The third-order valence-corrected chi connectivity index (χ3v) is 8.69. The highest BCUT2D eigenvalue weighted by Gasteiger charge is 2.32. The zero-order valence-electron chi connectivity index (χ0n) is 23.9. The lowest BCUT2D eigenvalue weighted by atomic mass is 9.95. The van der Waals surface area contributed by atoms with Crippen molar-refractivity contribution < 1.29 is 9.59 Å². The maximum absolute atomic E-state index is 13.7. The summed E-state index contributed by atoms with van der Waals surface area (Å²) in [6.45, 7) is 4.42. The molecule has 4 rings (SSSR count). The Balaban J connectivity index is 1.43. The second-order valence-corrected chi connectivity index (χ2v) is 11.3. The molecule has 9 heteroatoms. The Hall–Kier alpha value is -3.18. The molecule has 0 bridgehead atoms. The lowest BCUT2D eigenvalue weighted by Crippen LogP contribution is -2.50. The van der Waals surface area contributed by atoms with Crippen LogP contribution in [-0.4, -0.2) is 68.0 Å². The number of nitrogens with zero attached hydrogens (tertiary/aromatic N) is 2. The van der Waals surface area contributed by atoms with Crippen LogP contribution in [0.15, 0.2) is 71.7 Å². The van der Waals surface area contributed by atoms with Gasteiger partial charge in [0.15, 0.2) is 5.96 Å². The third kappa shape index (κ3) is 8.42. The zero-order valence-corrected chi connectivity index (χ0v) is 26.1. The number of carbonyl (C=O) groups is 2. The van der Waals surface area contributed by atoms with Crippen molar-refractivity contribution in [1.82, 2.24) is 20.9 Å². The fraction of sp³-hybridized carbons (Fsp3) is 0.406. The monoisotopic (exact) mass is 668 g/mol. The number of aliphatic imine (C=N–C) groups is 1. The van der Waals surface area contributed by atoms with Gasteiger partial charge in [0.2, 0.25) is 5.91 Å². The van der Waals surface area contributed by atoms with Gasteiger partial charge >= 0.3 is 0 Å². The largest absolute Gasteiger partial charge is 0.370 e. The number of nitrogens with one attached hydrogen (secondary N) is 3. The Morgan fingerprint density at radius 1 is 1.12 bits per heavy atom. The fourth-order valence-corrected chi connectivity index (χ4v) is 5.83. The van der Waals surface area contributed by atoms with Gasteiger partial charge < -0.3 is 26.6 Å². The summed E-state index contributed by atoms with van der Waals surface area (Å²) < 4.78 is 0.951. The van der Waals surface area contributed by atoms with E-state index in [2.05, 4.69) is 80.8 Å². The van der Waals surface area contributed by atoms with Gasteiger partial charge in [-0.25, -0.2) is 0 Å². The van der Waals surface area contributed by atoms with E-state index in [0.29, 0.717) is 44.1 Å². The molecule has 0 saturated carbocycles. The summed E-state index contributed by atoms with van der Waals surface area (Å²) in [5.41, 5.74) is 8.96. The van der Waals surface area contributed by atoms with Crippen LogP contribution in [0.2, 0.25) is 0 Å². The summed E-state index contributed by atoms with van der Waals surface area (Å²) in [5, 5.41) is 11.9. The number of carbonyl (C=O) groups excluding carboxylic acids is 2. The second-order valence-electron chi connectivity index (χ2n) is 10.6. The number of alkyl halides is 1. The molecule has 0 aliphatic carbocycles. The first kappa shape index (κ1) is 30.8. The summed E-state index contributed by atoms with van der Waals surface area (Å²) in [6.07, 6.45) is 2.25. The predicted octanol–water partition coefficient (Wildman–Crippen LogP) is 4.18. The van der Waals surface area contributed by atoms with Crippen LogP contribution in [0.4, 0.5) is 0 Å². The molecule has 0 unspecified atom stereocenters. The lowest BCUT2D eigenvalue weighted by molar-refractivity contribution is -0.133. The van der Waals surface area contributed by atoms with Gasteiger partial charge in [0, 0.05) is 55.2 Å². The van der Waals surface area contributed by atoms with Gasteiger partial charge in [-0.1, -0.05) is 84.1 Å². The highest BCUT2D eigenvalue weighted by molar-refractivity contribution is 14.1. The van der Waals surface area contributed by atoms with Crippen LogP contribution in [0.5, 0.6) is 0 Å². The van der Waals surface area contributed by atoms with Gasteiger partial charge in [-0.2, -0.15) is 0 Å². The van der Waals surface area contributed by atoms with E-state index in [-0.39, 0.29) is 23.8 Å². The number of fused-ring (bicyclic) bond motifs is 1. The molecule has 218 valence electrons. The molecule has 5 N–H and O–H groups in total. The topological polar surface area (TPSA) is 112 Å². The molecule has 0 radical (unpaired) electrons. The Bertz CT molecular complexity index is 1350. The SMILES string of the molecule is CC[C@H](CN1CC[C@@H](CNC(=O)c2ccc3cc(CI)ccc3c2)N[C@@H](CCNC(N)=NC)C1=O)c1ccccc1. The van der Waals surface area contributed by atoms with Crippen LogP contribution in [0.1, 0.15) is 53.6 Å². The number of halogens is 1. The van der Waals surface area contributed by atoms with Crippen LogP contribution in [0.25, 0.3) is 10.8 Å². The van der Waals surface area contributed by atoms with Crippen LogP contribution in [0.3, 0.4) is 0 Å². The number of amides is 2. The summed E-state index contributed by atoms with van der Waals surface area (Å²) in [6, 6.07) is 22.1. The van der Waals surface area contributed by atoms with Crippen molar-refractivity contribution in [2.75, 3.05) is 33.2 Å². The minimum absolute atomic E-state index is 0.0430. The smallest absolute Gasteiger partial charge is 0.251 e. The maximum atomic E-state index is 13.7. The molecule has 2 amide bonds.